The predicted molar refractivity (Wildman–Crippen MR) is 53.1 cm³/mol. The molecular formula is C9H7NO3S. The third kappa shape index (κ3) is 1.31. The smallest absolute Gasteiger partial charge is 0.354 e. The summed E-state index contributed by atoms with van der Waals surface area (Å²) in [6.45, 7) is 0. The van der Waals surface area contributed by atoms with Gasteiger partial charge in [-0.1, -0.05) is 0 Å². The van der Waals surface area contributed by atoms with E-state index in [9.17, 15) is 4.79 Å². The van der Waals surface area contributed by atoms with Gasteiger partial charge in [-0.3, -0.25) is 0 Å². The van der Waals surface area contributed by atoms with Crippen LogP contribution in [-0.2, 0) is 0 Å². The highest BCUT2D eigenvalue weighted by Crippen LogP contribution is 2.29. The number of aromatic nitrogens is 1. The van der Waals surface area contributed by atoms with E-state index in [4.69, 9.17) is 9.84 Å². The highest BCUT2D eigenvalue weighted by atomic mass is 32.1. The molecule has 0 aliphatic carbocycles. The van der Waals surface area contributed by atoms with E-state index < -0.39 is 5.97 Å². The zero-order valence-electron chi connectivity index (χ0n) is 7.35. The molecule has 0 amide bonds. The van der Waals surface area contributed by atoms with Crippen molar-refractivity contribution < 1.29 is 14.6 Å². The van der Waals surface area contributed by atoms with Crippen molar-refractivity contribution in [1.29, 1.82) is 0 Å². The third-order valence-corrected chi connectivity index (χ3v) is 2.73. The molecule has 5 heteroatoms. The number of fused-ring (bicyclic) bond motifs is 1. The molecule has 2 aromatic heterocycles. The van der Waals surface area contributed by atoms with Gasteiger partial charge in [0.15, 0.2) is 5.69 Å². The Morgan fingerprint density at radius 3 is 3.07 bits per heavy atom. The van der Waals surface area contributed by atoms with Crippen LogP contribution < -0.4 is 4.74 Å². The maximum absolute atomic E-state index is 10.7. The molecule has 0 aromatic carbocycles. The van der Waals surface area contributed by atoms with Crippen molar-refractivity contribution in [2.75, 3.05) is 7.11 Å². The lowest BCUT2D eigenvalue weighted by atomic mass is 10.3. The lowest BCUT2D eigenvalue weighted by Gasteiger charge is -2.02. The van der Waals surface area contributed by atoms with Crippen molar-refractivity contribution in [3.8, 4) is 5.75 Å². The van der Waals surface area contributed by atoms with E-state index in [1.54, 1.807) is 6.07 Å². The Bertz CT molecular complexity index is 492. The molecule has 0 atom stereocenters. The summed E-state index contributed by atoms with van der Waals surface area (Å²) in [6.07, 6.45) is 0. The molecule has 1 N–H and O–H groups in total. The van der Waals surface area contributed by atoms with Gasteiger partial charge in [-0.2, -0.15) is 0 Å². The van der Waals surface area contributed by atoms with Gasteiger partial charge >= 0.3 is 5.97 Å². The second-order valence-electron chi connectivity index (χ2n) is 2.65. The van der Waals surface area contributed by atoms with E-state index in [-0.39, 0.29) is 5.69 Å². The normalized spacial score (nSPS) is 10.4. The fourth-order valence-electron chi connectivity index (χ4n) is 1.19. The van der Waals surface area contributed by atoms with E-state index in [2.05, 4.69) is 4.98 Å². The topological polar surface area (TPSA) is 59.4 Å². The SMILES string of the molecule is COc1cc(C(=O)O)nc2ccsc12. The molecule has 0 aliphatic rings. The first-order chi connectivity index (χ1) is 6.72. The van der Waals surface area contributed by atoms with Gasteiger partial charge in [-0.25, -0.2) is 9.78 Å². The maximum Gasteiger partial charge on any atom is 0.354 e. The van der Waals surface area contributed by atoms with Crippen molar-refractivity contribution in [2.45, 2.75) is 0 Å². The zero-order valence-corrected chi connectivity index (χ0v) is 8.17. The van der Waals surface area contributed by atoms with Gasteiger partial charge in [0.1, 0.15) is 5.75 Å². The minimum atomic E-state index is -1.04. The molecule has 0 radical (unpaired) electrons. The summed E-state index contributed by atoms with van der Waals surface area (Å²) >= 11 is 1.48. The number of pyridine rings is 1. The largest absolute Gasteiger partial charge is 0.495 e. The number of carbonyl (C=O) groups is 1. The fourth-order valence-corrected chi connectivity index (χ4v) is 2.01. The number of hydrogen-bond acceptors (Lipinski definition) is 4. The van der Waals surface area contributed by atoms with Gasteiger partial charge in [-0.15, -0.1) is 11.3 Å². The number of carboxylic acids is 1. The molecule has 0 aliphatic heterocycles. The Balaban J connectivity index is 2.73. The van der Waals surface area contributed by atoms with Gasteiger partial charge in [0.2, 0.25) is 0 Å². The molecule has 0 spiro atoms. The lowest BCUT2D eigenvalue weighted by molar-refractivity contribution is 0.0690. The minimum absolute atomic E-state index is 0.00718. The van der Waals surface area contributed by atoms with Crippen LogP contribution in [0.3, 0.4) is 0 Å². The number of thiophene rings is 1. The number of nitrogens with zero attached hydrogens (tertiary/aromatic N) is 1. The molecule has 2 rings (SSSR count). The standard InChI is InChI=1S/C9H7NO3S/c1-13-7-4-6(9(11)12)10-5-2-3-14-8(5)7/h2-4H,1H3,(H,11,12). The van der Waals surface area contributed by atoms with Crippen LogP contribution >= 0.6 is 11.3 Å². The number of carboxylic acid groups (broad SMARTS) is 1. The Labute approximate surface area is 83.8 Å². The van der Waals surface area contributed by atoms with Crippen LogP contribution in [0.1, 0.15) is 10.5 Å². The highest BCUT2D eigenvalue weighted by molar-refractivity contribution is 7.17. The van der Waals surface area contributed by atoms with E-state index in [1.165, 1.54) is 24.5 Å². The van der Waals surface area contributed by atoms with Gasteiger partial charge in [0.25, 0.3) is 0 Å². The number of aromatic carboxylic acids is 1. The lowest BCUT2D eigenvalue weighted by Crippen LogP contribution is -2.00. The van der Waals surface area contributed by atoms with E-state index in [0.29, 0.717) is 11.3 Å². The molecule has 0 bridgehead atoms. The van der Waals surface area contributed by atoms with Crippen molar-refractivity contribution in [3.63, 3.8) is 0 Å². The van der Waals surface area contributed by atoms with Crippen LogP contribution in [0, 0.1) is 0 Å². The summed E-state index contributed by atoms with van der Waals surface area (Å²) in [6, 6.07) is 3.20. The van der Waals surface area contributed by atoms with Gasteiger partial charge in [0, 0.05) is 6.07 Å². The summed E-state index contributed by atoms with van der Waals surface area (Å²) in [5.74, 6) is -0.487. The van der Waals surface area contributed by atoms with Crippen LogP contribution in [0.5, 0.6) is 5.75 Å². The molecule has 0 unspecified atom stereocenters. The highest BCUT2D eigenvalue weighted by Gasteiger charge is 2.11. The van der Waals surface area contributed by atoms with Crippen LogP contribution in [-0.4, -0.2) is 23.2 Å². The maximum atomic E-state index is 10.7. The second kappa shape index (κ2) is 3.26. The third-order valence-electron chi connectivity index (χ3n) is 1.82. The van der Waals surface area contributed by atoms with Crippen LogP contribution in [0.15, 0.2) is 17.5 Å². The summed E-state index contributed by atoms with van der Waals surface area (Å²) in [4.78, 5) is 14.7. The average Bonchev–Trinajstić information content (AvgIpc) is 2.63. The first-order valence-electron chi connectivity index (χ1n) is 3.88. The molecule has 2 aromatic rings. The summed E-state index contributed by atoms with van der Waals surface area (Å²) in [5.41, 5.74) is 0.666. The average molecular weight is 209 g/mol. The summed E-state index contributed by atoms with van der Waals surface area (Å²) in [7, 11) is 1.51. The van der Waals surface area contributed by atoms with Crippen LogP contribution in [0.25, 0.3) is 10.2 Å². The second-order valence-corrected chi connectivity index (χ2v) is 3.57. The zero-order chi connectivity index (χ0) is 10.1. The first-order valence-corrected chi connectivity index (χ1v) is 4.76. The van der Waals surface area contributed by atoms with Crippen molar-refractivity contribution >= 4 is 27.5 Å². The van der Waals surface area contributed by atoms with E-state index in [0.717, 1.165) is 4.70 Å². The van der Waals surface area contributed by atoms with E-state index >= 15 is 0 Å². The Morgan fingerprint density at radius 1 is 1.64 bits per heavy atom. The number of rotatable bonds is 2. The first kappa shape index (κ1) is 8.96. The molecule has 4 nitrogen and oxygen atoms in total. The van der Waals surface area contributed by atoms with Gasteiger partial charge < -0.3 is 9.84 Å². The Kier molecular flexibility index (Phi) is 2.09. The quantitative estimate of drug-likeness (QED) is 0.821. The Morgan fingerprint density at radius 2 is 2.43 bits per heavy atom. The molecule has 72 valence electrons. The number of hydrogen-bond donors (Lipinski definition) is 1. The fraction of sp³-hybridized carbons (Fsp3) is 0.111. The monoisotopic (exact) mass is 209 g/mol. The van der Waals surface area contributed by atoms with Crippen molar-refractivity contribution in [2.24, 2.45) is 0 Å². The Hall–Kier alpha value is -1.62. The predicted octanol–water partition coefficient (Wildman–Crippen LogP) is 2.00. The van der Waals surface area contributed by atoms with Gasteiger partial charge in [0.05, 0.1) is 17.3 Å². The van der Waals surface area contributed by atoms with Crippen molar-refractivity contribution in [1.82, 2.24) is 4.98 Å². The summed E-state index contributed by atoms with van der Waals surface area (Å²) < 4.78 is 5.96. The minimum Gasteiger partial charge on any atom is -0.495 e. The summed E-state index contributed by atoms with van der Waals surface area (Å²) in [5, 5.41) is 10.6. The molecular weight excluding hydrogens is 202 g/mol. The number of ether oxygens (including phenoxy) is 1. The molecule has 0 fully saturated rings. The van der Waals surface area contributed by atoms with Crippen LogP contribution in [0.2, 0.25) is 0 Å². The molecule has 2 heterocycles. The van der Waals surface area contributed by atoms with Gasteiger partial charge in [-0.05, 0) is 11.4 Å². The van der Waals surface area contributed by atoms with E-state index in [1.807, 2.05) is 5.38 Å². The van der Waals surface area contributed by atoms with Crippen LogP contribution in [0.4, 0.5) is 0 Å². The van der Waals surface area contributed by atoms with Crippen molar-refractivity contribution in [3.05, 3.63) is 23.2 Å². The number of methoxy groups -OCH3 is 1. The molecule has 0 saturated carbocycles. The molecule has 14 heavy (non-hydrogen) atoms. The molecule has 0 saturated heterocycles.